The van der Waals surface area contributed by atoms with Crippen molar-refractivity contribution < 1.29 is 0 Å². The summed E-state index contributed by atoms with van der Waals surface area (Å²) < 4.78 is 0. The number of hydrogen-bond donors (Lipinski definition) is 1. The largest absolute Gasteiger partial charge is 0.308 e. The third kappa shape index (κ3) is 3.68. The third-order valence-corrected chi connectivity index (χ3v) is 6.33. The minimum Gasteiger partial charge on any atom is -0.308 e. The van der Waals surface area contributed by atoms with Crippen LogP contribution in [0.1, 0.15) is 59.3 Å². The molecule has 1 aliphatic carbocycles. The molecule has 2 fully saturated rings. The first-order chi connectivity index (χ1) is 9.14. The van der Waals surface area contributed by atoms with Gasteiger partial charge in [-0.05, 0) is 50.7 Å². The lowest BCUT2D eigenvalue weighted by molar-refractivity contribution is 0.0147. The summed E-state index contributed by atoms with van der Waals surface area (Å²) in [4.78, 5) is 2.81. The second kappa shape index (κ2) is 6.82. The molecule has 1 saturated carbocycles. The van der Waals surface area contributed by atoms with E-state index < -0.39 is 0 Å². The van der Waals surface area contributed by atoms with Gasteiger partial charge in [-0.1, -0.05) is 26.7 Å². The van der Waals surface area contributed by atoms with Crippen molar-refractivity contribution in [1.82, 2.24) is 10.2 Å². The molecule has 1 N–H and O–H groups in total. The normalized spacial score (nSPS) is 31.1. The standard InChI is InChI=1S/C16H32N2S/c1-4-15(3)13-17-16(9-6-7-10-16)14-18(15)11-8-12-19-5-2/h17H,4-14H2,1-3H3. The molecule has 0 bridgehead atoms. The molecule has 1 spiro atoms. The molecular weight excluding hydrogens is 252 g/mol. The van der Waals surface area contributed by atoms with Gasteiger partial charge in [0.25, 0.3) is 0 Å². The number of piperazine rings is 1. The summed E-state index contributed by atoms with van der Waals surface area (Å²) in [5.74, 6) is 2.59. The van der Waals surface area contributed by atoms with Gasteiger partial charge < -0.3 is 5.32 Å². The molecule has 1 aliphatic heterocycles. The number of nitrogens with one attached hydrogen (secondary N) is 1. The Balaban J connectivity index is 1.93. The lowest BCUT2D eigenvalue weighted by Crippen LogP contribution is -2.68. The van der Waals surface area contributed by atoms with E-state index in [2.05, 4.69) is 42.7 Å². The SMILES string of the molecule is CCSCCCN1CC2(CCCC2)NCC1(C)CC. The minimum absolute atomic E-state index is 0.380. The van der Waals surface area contributed by atoms with Crippen LogP contribution >= 0.6 is 11.8 Å². The zero-order valence-corrected chi connectivity index (χ0v) is 14.0. The summed E-state index contributed by atoms with van der Waals surface area (Å²) in [6.07, 6.45) is 8.26. The first kappa shape index (κ1) is 15.7. The van der Waals surface area contributed by atoms with E-state index in [0.29, 0.717) is 11.1 Å². The Morgan fingerprint density at radius 3 is 2.58 bits per heavy atom. The summed E-state index contributed by atoms with van der Waals surface area (Å²) >= 11 is 2.09. The molecule has 2 rings (SSSR count). The number of thioether (sulfide) groups is 1. The zero-order chi connectivity index (χ0) is 13.8. The van der Waals surface area contributed by atoms with Crippen LogP contribution in [0.25, 0.3) is 0 Å². The summed E-state index contributed by atoms with van der Waals surface area (Å²) in [5.41, 5.74) is 0.845. The molecule has 112 valence electrons. The second-order valence-corrected chi connectivity index (χ2v) is 8.06. The van der Waals surface area contributed by atoms with Gasteiger partial charge in [-0.3, -0.25) is 4.90 Å². The van der Waals surface area contributed by atoms with Crippen LogP contribution in [0.3, 0.4) is 0 Å². The molecule has 19 heavy (non-hydrogen) atoms. The van der Waals surface area contributed by atoms with Crippen LogP contribution in [0.5, 0.6) is 0 Å². The van der Waals surface area contributed by atoms with Gasteiger partial charge in [0, 0.05) is 24.2 Å². The maximum atomic E-state index is 3.92. The fourth-order valence-corrected chi connectivity index (χ4v) is 4.31. The fraction of sp³-hybridized carbons (Fsp3) is 1.00. The van der Waals surface area contributed by atoms with Crippen molar-refractivity contribution in [3.8, 4) is 0 Å². The monoisotopic (exact) mass is 284 g/mol. The molecule has 0 radical (unpaired) electrons. The fourth-order valence-electron chi connectivity index (χ4n) is 3.69. The van der Waals surface area contributed by atoms with Gasteiger partial charge >= 0.3 is 0 Å². The van der Waals surface area contributed by atoms with Gasteiger partial charge in [-0.25, -0.2) is 0 Å². The van der Waals surface area contributed by atoms with Crippen LogP contribution in [0.4, 0.5) is 0 Å². The maximum Gasteiger partial charge on any atom is 0.0309 e. The van der Waals surface area contributed by atoms with Crippen molar-refractivity contribution in [1.29, 1.82) is 0 Å². The van der Waals surface area contributed by atoms with Crippen molar-refractivity contribution in [3.05, 3.63) is 0 Å². The lowest BCUT2D eigenvalue weighted by atomic mass is 9.85. The van der Waals surface area contributed by atoms with E-state index in [1.165, 1.54) is 69.7 Å². The van der Waals surface area contributed by atoms with Crippen LogP contribution in [-0.2, 0) is 0 Å². The van der Waals surface area contributed by atoms with Crippen molar-refractivity contribution in [2.24, 2.45) is 0 Å². The highest BCUT2D eigenvalue weighted by atomic mass is 32.2. The van der Waals surface area contributed by atoms with Gasteiger partial charge in [0.1, 0.15) is 0 Å². The van der Waals surface area contributed by atoms with Gasteiger partial charge in [0.15, 0.2) is 0 Å². The van der Waals surface area contributed by atoms with E-state index in [1.54, 1.807) is 0 Å². The van der Waals surface area contributed by atoms with Crippen molar-refractivity contribution in [2.75, 3.05) is 31.1 Å². The van der Waals surface area contributed by atoms with Crippen LogP contribution in [0.2, 0.25) is 0 Å². The second-order valence-electron chi connectivity index (χ2n) is 6.66. The van der Waals surface area contributed by atoms with Crippen LogP contribution in [0, 0.1) is 0 Å². The summed E-state index contributed by atoms with van der Waals surface area (Å²) in [6.45, 7) is 10.8. The highest BCUT2D eigenvalue weighted by Crippen LogP contribution is 2.36. The van der Waals surface area contributed by atoms with E-state index in [0.717, 1.165) is 0 Å². The van der Waals surface area contributed by atoms with E-state index in [1.807, 2.05) is 0 Å². The molecule has 1 atom stereocenters. The van der Waals surface area contributed by atoms with E-state index in [-0.39, 0.29) is 0 Å². The lowest BCUT2D eigenvalue weighted by Gasteiger charge is -2.52. The number of nitrogens with zero attached hydrogens (tertiary/aromatic N) is 1. The minimum atomic E-state index is 0.380. The van der Waals surface area contributed by atoms with Crippen LogP contribution in [-0.4, -0.2) is 47.1 Å². The maximum absolute atomic E-state index is 3.92. The Kier molecular flexibility index (Phi) is 5.62. The van der Waals surface area contributed by atoms with E-state index in [4.69, 9.17) is 0 Å². The van der Waals surface area contributed by atoms with Crippen molar-refractivity contribution >= 4 is 11.8 Å². The summed E-state index contributed by atoms with van der Waals surface area (Å²) in [6, 6.07) is 0. The Morgan fingerprint density at radius 1 is 1.21 bits per heavy atom. The van der Waals surface area contributed by atoms with Gasteiger partial charge in [-0.2, -0.15) is 11.8 Å². The predicted molar refractivity (Wildman–Crippen MR) is 87.1 cm³/mol. The number of hydrogen-bond acceptors (Lipinski definition) is 3. The molecular formula is C16H32N2S. The molecule has 1 unspecified atom stereocenters. The molecule has 2 nitrogen and oxygen atoms in total. The van der Waals surface area contributed by atoms with Gasteiger partial charge in [0.05, 0.1) is 0 Å². The van der Waals surface area contributed by atoms with Gasteiger partial charge in [-0.15, -0.1) is 0 Å². The molecule has 0 amide bonds. The Labute approximate surface area is 124 Å². The summed E-state index contributed by atoms with van der Waals surface area (Å²) in [7, 11) is 0. The van der Waals surface area contributed by atoms with E-state index >= 15 is 0 Å². The first-order valence-electron chi connectivity index (χ1n) is 8.22. The zero-order valence-electron chi connectivity index (χ0n) is 13.1. The molecule has 1 saturated heterocycles. The van der Waals surface area contributed by atoms with E-state index in [9.17, 15) is 0 Å². The quantitative estimate of drug-likeness (QED) is 0.751. The smallest absolute Gasteiger partial charge is 0.0309 e. The molecule has 2 aliphatic rings. The third-order valence-electron chi connectivity index (χ3n) is 5.34. The molecule has 0 aromatic rings. The Morgan fingerprint density at radius 2 is 1.95 bits per heavy atom. The highest BCUT2D eigenvalue weighted by Gasteiger charge is 2.44. The Bertz CT molecular complexity index is 276. The number of rotatable bonds is 6. The summed E-state index contributed by atoms with van der Waals surface area (Å²) in [5, 5.41) is 3.92. The van der Waals surface area contributed by atoms with Crippen LogP contribution < -0.4 is 5.32 Å². The molecule has 0 aromatic carbocycles. The molecule has 1 heterocycles. The van der Waals surface area contributed by atoms with Crippen LogP contribution in [0.15, 0.2) is 0 Å². The first-order valence-corrected chi connectivity index (χ1v) is 9.37. The predicted octanol–water partition coefficient (Wildman–Crippen LogP) is 3.52. The van der Waals surface area contributed by atoms with Crippen molar-refractivity contribution in [3.63, 3.8) is 0 Å². The Hall–Kier alpha value is 0.270. The topological polar surface area (TPSA) is 15.3 Å². The highest BCUT2D eigenvalue weighted by molar-refractivity contribution is 7.99. The molecule has 0 aromatic heterocycles. The average molecular weight is 285 g/mol. The average Bonchev–Trinajstić information content (AvgIpc) is 2.88. The van der Waals surface area contributed by atoms with Crippen molar-refractivity contribution in [2.45, 2.75) is 70.4 Å². The molecule has 3 heteroatoms. The van der Waals surface area contributed by atoms with Gasteiger partial charge in [0.2, 0.25) is 0 Å².